The smallest absolute Gasteiger partial charge is 0.144 e. The zero-order valence-corrected chi connectivity index (χ0v) is 11.0. The van der Waals surface area contributed by atoms with Crippen LogP contribution < -0.4 is 0 Å². The Morgan fingerprint density at radius 2 is 2.33 bits per heavy atom. The average Bonchev–Trinajstić information content (AvgIpc) is 2.96. The molecule has 1 fully saturated rings. The summed E-state index contributed by atoms with van der Waals surface area (Å²) in [6.07, 6.45) is 0.907. The third kappa shape index (κ3) is 1.88. The minimum absolute atomic E-state index is 0.101. The summed E-state index contributed by atoms with van der Waals surface area (Å²) in [4.78, 5) is 4.35. The zero-order valence-electron chi connectivity index (χ0n) is 9.50. The number of hydrogen-bond donors (Lipinski definition) is 0. The van der Waals surface area contributed by atoms with E-state index >= 15 is 0 Å². The van der Waals surface area contributed by atoms with Gasteiger partial charge in [-0.25, -0.2) is 9.37 Å². The molecule has 2 aromatic rings. The minimum atomic E-state index is -0.461. The van der Waals surface area contributed by atoms with Gasteiger partial charge in [0.15, 0.2) is 0 Å². The number of aromatic nitrogens is 2. The molecule has 0 N–H and O–H groups in total. The van der Waals surface area contributed by atoms with E-state index in [1.54, 1.807) is 6.07 Å². The molecule has 0 radical (unpaired) electrons. The van der Waals surface area contributed by atoms with Gasteiger partial charge >= 0.3 is 0 Å². The van der Waals surface area contributed by atoms with E-state index in [1.807, 2.05) is 4.57 Å². The van der Waals surface area contributed by atoms with Crippen LogP contribution in [0.1, 0.15) is 18.3 Å². The number of alkyl halides is 1. The van der Waals surface area contributed by atoms with E-state index in [2.05, 4.69) is 4.98 Å². The van der Waals surface area contributed by atoms with Crippen LogP contribution in [-0.4, -0.2) is 22.8 Å². The second kappa shape index (κ2) is 4.68. The zero-order chi connectivity index (χ0) is 12.7. The van der Waals surface area contributed by atoms with E-state index in [-0.39, 0.29) is 16.9 Å². The maximum absolute atomic E-state index is 13.4. The molecular weight excluding hydrogens is 278 g/mol. The van der Waals surface area contributed by atoms with E-state index in [0.717, 1.165) is 24.4 Å². The number of ether oxygens (including phenoxy) is 1. The molecule has 3 nitrogen and oxygen atoms in total. The van der Waals surface area contributed by atoms with Gasteiger partial charge in [0.1, 0.15) is 11.6 Å². The average molecular weight is 289 g/mol. The highest BCUT2D eigenvalue weighted by Gasteiger charge is 2.23. The van der Waals surface area contributed by atoms with E-state index in [0.29, 0.717) is 12.1 Å². The van der Waals surface area contributed by atoms with Gasteiger partial charge in [0.2, 0.25) is 0 Å². The van der Waals surface area contributed by atoms with Crippen molar-refractivity contribution < 1.29 is 9.13 Å². The number of nitrogens with zero attached hydrogens (tertiary/aromatic N) is 2. The predicted molar refractivity (Wildman–Crippen MR) is 68.7 cm³/mol. The van der Waals surface area contributed by atoms with Crippen molar-refractivity contribution in [2.75, 3.05) is 13.2 Å². The van der Waals surface area contributed by atoms with Gasteiger partial charge in [-0.15, -0.1) is 11.6 Å². The maximum atomic E-state index is 13.4. The highest BCUT2D eigenvalue weighted by atomic mass is 35.5. The second-order valence-electron chi connectivity index (χ2n) is 4.30. The van der Waals surface area contributed by atoms with Crippen LogP contribution in [-0.2, 0) is 10.6 Å². The molecule has 0 aliphatic carbocycles. The molecule has 1 unspecified atom stereocenters. The Morgan fingerprint density at radius 3 is 3.00 bits per heavy atom. The lowest BCUT2D eigenvalue weighted by Crippen LogP contribution is -2.11. The summed E-state index contributed by atoms with van der Waals surface area (Å²) in [5, 5.41) is 0.101. The van der Waals surface area contributed by atoms with Crippen molar-refractivity contribution in [3.63, 3.8) is 0 Å². The molecule has 96 valence electrons. The third-order valence-electron chi connectivity index (χ3n) is 3.19. The van der Waals surface area contributed by atoms with Crippen molar-refractivity contribution in [2.45, 2.75) is 18.3 Å². The summed E-state index contributed by atoms with van der Waals surface area (Å²) >= 11 is 11.7. The third-order valence-corrected chi connectivity index (χ3v) is 3.72. The lowest BCUT2D eigenvalue weighted by Gasteiger charge is -2.14. The molecule has 0 spiro atoms. The molecule has 1 aliphatic heterocycles. The first-order chi connectivity index (χ1) is 8.70. The lowest BCUT2D eigenvalue weighted by atomic mass is 10.2. The summed E-state index contributed by atoms with van der Waals surface area (Å²) in [5.41, 5.74) is 1.40. The minimum Gasteiger partial charge on any atom is -0.379 e. The van der Waals surface area contributed by atoms with Gasteiger partial charge in [0, 0.05) is 12.7 Å². The van der Waals surface area contributed by atoms with Crippen molar-refractivity contribution in [1.82, 2.24) is 9.55 Å². The number of rotatable bonds is 2. The number of benzene rings is 1. The molecule has 1 aliphatic rings. The standard InChI is InChI=1S/C12H11Cl2FN2O/c13-5-12-16-10-4-9(15)8(14)3-11(10)17(12)7-1-2-18-6-7/h3-4,7H,1-2,5-6H2. The summed E-state index contributed by atoms with van der Waals surface area (Å²) in [6, 6.07) is 3.15. The molecule has 1 aromatic carbocycles. The van der Waals surface area contributed by atoms with Gasteiger partial charge in [-0.05, 0) is 12.5 Å². The Labute approximate surface area is 113 Å². The fourth-order valence-corrected chi connectivity index (χ4v) is 2.71. The summed E-state index contributed by atoms with van der Waals surface area (Å²) < 4.78 is 20.8. The molecule has 3 rings (SSSR count). The topological polar surface area (TPSA) is 27.1 Å². The number of halogens is 3. The molecule has 1 aromatic heterocycles. The second-order valence-corrected chi connectivity index (χ2v) is 4.98. The number of hydrogen-bond acceptors (Lipinski definition) is 2. The van der Waals surface area contributed by atoms with Crippen LogP contribution in [0.2, 0.25) is 5.02 Å². The highest BCUT2D eigenvalue weighted by molar-refractivity contribution is 6.31. The molecule has 0 saturated carbocycles. The summed E-state index contributed by atoms with van der Waals surface area (Å²) in [5.74, 6) is 0.547. The highest BCUT2D eigenvalue weighted by Crippen LogP contribution is 2.30. The van der Waals surface area contributed by atoms with Crippen LogP contribution in [0, 0.1) is 5.82 Å². The molecule has 1 saturated heterocycles. The monoisotopic (exact) mass is 288 g/mol. The van der Waals surface area contributed by atoms with Crippen molar-refractivity contribution >= 4 is 34.2 Å². The Morgan fingerprint density at radius 1 is 1.50 bits per heavy atom. The molecule has 6 heteroatoms. The van der Waals surface area contributed by atoms with E-state index in [1.165, 1.54) is 6.07 Å². The first-order valence-electron chi connectivity index (χ1n) is 5.70. The van der Waals surface area contributed by atoms with E-state index < -0.39 is 5.82 Å². The molecule has 0 bridgehead atoms. The maximum Gasteiger partial charge on any atom is 0.144 e. The van der Waals surface area contributed by atoms with Crippen molar-refractivity contribution in [2.24, 2.45) is 0 Å². The normalized spacial score (nSPS) is 19.8. The van der Waals surface area contributed by atoms with Crippen LogP contribution in [0.3, 0.4) is 0 Å². The Kier molecular flexibility index (Phi) is 3.18. The lowest BCUT2D eigenvalue weighted by molar-refractivity contribution is 0.187. The number of fused-ring (bicyclic) bond motifs is 1. The van der Waals surface area contributed by atoms with Crippen molar-refractivity contribution in [3.05, 3.63) is 28.8 Å². The van der Waals surface area contributed by atoms with Gasteiger partial charge < -0.3 is 9.30 Å². The van der Waals surface area contributed by atoms with Gasteiger partial charge in [0.25, 0.3) is 0 Å². The van der Waals surface area contributed by atoms with Gasteiger partial charge in [-0.1, -0.05) is 11.6 Å². The fourth-order valence-electron chi connectivity index (χ4n) is 2.37. The molecule has 2 heterocycles. The van der Waals surface area contributed by atoms with Gasteiger partial charge in [0.05, 0.1) is 34.6 Å². The quantitative estimate of drug-likeness (QED) is 0.791. The van der Waals surface area contributed by atoms with Gasteiger partial charge in [-0.2, -0.15) is 0 Å². The first-order valence-corrected chi connectivity index (χ1v) is 6.61. The summed E-state index contributed by atoms with van der Waals surface area (Å²) in [7, 11) is 0. The van der Waals surface area contributed by atoms with Crippen LogP contribution in [0.5, 0.6) is 0 Å². The Balaban J connectivity index is 2.23. The van der Waals surface area contributed by atoms with Crippen LogP contribution >= 0.6 is 23.2 Å². The SMILES string of the molecule is Fc1cc2nc(CCl)n(C3CCOC3)c2cc1Cl. The van der Waals surface area contributed by atoms with Gasteiger partial charge in [-0.3, -0.25) is 0 Å². The van der Waals surface area contributed by atoms with Crippen molar-refractivity contribution in [3.8, 4) is 0 Å². The summed E-state index contributed by atoms with van der Waals surface area (Å²) in [6.45, 7) is 1.35. The predicted octanol–water partition coefficient (Wildman–Crippen LogP) is 3.53. The molecular formula is C12H11Cl2FN2O. The van der Waals surface area contributed by atoms with E-state index in [4.69, 9.17) is 27.9 Å². The number of imidazole rings is 1. The largest absolute Gasteiger partial charge is 0.379 e. The molecule has 0 amide bonds. The Bertz CT molecular complexity index is 593. The van der Waals surface area contributed by atoms with Crippen molar-refractivity contribution in [1.29, 1.82) is 0 Å². The van der Waals surface area contributed by atoms with Crippen LogP contribution in [0.25, 0.3) is 11.0 Å². The fraction of sp³-hybridized carbons (Fsp3) is 0.417. The molecule has 18 heavy (non-hydrogen) atoms. The van der Waals surface area contributed by atoms with Crippen LogP contribution in [0.15, 0.2) is 12.1 Å². The first kappa shape index (κ1) is 12.2. The Hall–Kier alpha value is -0.840. The molecule has 1 atom stereocenters. The van der Waals surface area contributed by atoms with Crippen LogP contribution in [0.4, 0.5) is 4.39 Å². The van der Waals surface area contributed by atoms with E-state index in [9.17, 15) is 4.39 Å².